The third-order valence-electron chi connectivity index (χ3n) is 2.69. The molecule has 0 amide bonds. The smallest absolute Gasteiger partial charge is 0.303 e. The molecule has 0 fully saturated rings. The molecule has 0 spiro atoms. The Morgan fingerprint density at radius 3 is 3.06 bits per heavy atom. The van der Waals surface area contributed by atoms with Crippen molar-refractivity contribution in [1.29, 1.82) is 0 Å². The quantitative estimate of drug-likeness (QED) is 0.929. The summed E-state index contributed by atoms with van der Waals surface area (Å²) in [6.07, 6.45) is 1.50. The number of benzene rings is 1. The Kier molecular flexibility index (Phi) is 4.02. The first-order valence-electron chi connectivity index (χ1n) is 5.41. The van der Waals surface area contributed by atoms with Crippen molar-refractivity contribution in [2.24, 2.45) is 0 Å². The second-order valence-electron chi connectivity index (χ2n) is 3.86. The highest BCUT2D eigenvalue weighted by Gasteiger charge is 2.17. The minimum absolute atomic E-state index is 0.178. The molecule has 0 aromatic heterocycles. The normalized spacial score (nSPS) is 13.9. The molecule has 4 nitrogen and oxygen atoms in total. The second kappa shape index (κ2) is 5.51. The third-order valence-corrected chi connectivity index (χ3v) is 3.44. The van der Waals surface area contributed by atoms with Crippen LogP contribution in [0, 0.1) is 0 Å². The van der Waals surface area contributed by atoms with Crippen LogP contribution in [0.5, 0.6) is 5.75 Å². The molecule has 1 aliphatic heterocycles. The first kappa shape index (κ1) is 12.4. The fraction of sp³-hybridized carbons (Fsp3) is 0.417. The van der Waals surface area contributed by atoms with Crippen LogP contribution in [-0.2, 0) is 22.6 Å². The summed E-state index contributed by atoms with van der Waals surface area (Å²) in [5.74, 6) is 0.0724. The van der Waals surface area contributed by atoms with E-state index >= 15 is 0 Å². The number of halogens is 1. The van der Waals surface area contributed by atoms with E-state index in [0.717, 1.165) is 21.3 Å². The fourth-order valence-corrected chi connectivity index (χ4v) is 2.44. The topological polar surface area (TPSA) is 55.8 Å². The van der Waals surface area contributed by atoms with E-state index in [1.165, 1.54) is 0 Å². The Bertz CT molecular complexity index is 431. The molecule has 0 aliphatic carbocycles. The van der Waals surface area contributed by atoms with Crippen molar-refractivity contribution in [3.8, 4) is 5.75 Å². The predicted octanol–water partition coefficient (Wildman–Crippen LogP) is 2.72. The molecule has 1 aromatic carbocycles. The van der Waals surface area contributed by atoms with Crippen LogP contribution in [0.4, 0.5) is 0 Å². The summed E-state index contributed by atoms with van der Waals surface area (Å²) in [5, 5.41) is 8.64. The summed E-state index contributed by atoms with van der Waals surface area (Å²) in [5.41, 5.74) is 2.11. The predicted molar refractivity (Wildman–Crippen MR) is 65.0 cm³/mol. The van der Waals surface area contributed by atoms with Crippen molar-refractivity contribution in [3.63, 3.8) is 0 Å². The molecule has 92 valence electrons. The zero-order valence-electron chi connectivity index (χ0n) is 9.24. The van der Waals surface area contributed by atoms with Crippen LogP contribution in [0.15, 0.2) is 16.6 Å². The highest BCUT2D eigenvalue weighted by molar-refractivity contribution is 9.10. The molecule has 1 aliphatic rings. The number of hydrogen-bond acceptors (Lipinski definition) is 3. The van der Waals surface area contributed by atoms with Crippen molar-refractivity contribution in [3.05, 3.63) is 27.7 Å². The van der Waals surface area contributed by atoms with Gasteiger partial charge in [-0.15, -0.1) is 0 Å². The van der Waals surface area contributed by atoms with E-state index in [0.29, 0.717) is 19.4 Å². The second-order valence-corrected chi connectivity index (χ2v) is 4.71. The molecule has 1 N–H and O–H groups in total. The van der Waals surface area contributed by atoms with Crippen LogP contribution in [0.3, 0.4) is 0 Å². The Hall–Kier alpha value is -1.07. The van der Waals surface area contributed by atoms with Crippen molar-refractivity contribution >= 4 is 21.9 Å². The van der Waals surface area contributed by atoms with Crippen molar-refractivity contribution in [1.82, 2.24) is 0 Å². The molecular weight excluding hydrogens is 288 g/mol. The first-order chi connectivity index (χ1) is 8.18. The van der Waals surface area contributed by atoms with Crippen molar-refractivity contribution in [2.45, 2.75) is 25.9 Å². The number of carboxylic acid groups (broad SMARTS) is 1. The van der Waals surface area contributed by atoms with E-state index in [4.69, 9.17) is 14.6 Å². The van der Waals surface area contributed by atoms with E-state index < -0.39 is 5.97 Å². The molecule has 0 unspecified atom stereocenters. The molecule has 0 atom stereocenters. The van der Waals surface area contributed by atoms with Crippen molar-refractivity contribution < 1.29 is 19.4 Å². The molecule has 1 heterocycles. The molecule has 17 heavy (non-hydrogen) atoms. The van der Waals surface area contributed by atoms with Gasteiger partial charge in [0.15, 0.2) is 6.79 Å². The Morgan fingerprint density at radius 2 is 2.29 bits per heavy atom. The van der Waals surface area contributed by atoms with Crippen molar-refractivity contribution in [2.75, 3.05) is 6.79 Å². The van der Waals surface area contributed by atoms with Gasteiger partial charge in [-0.1, -0.05) is 15.9 Å². The van der Waals surface area contributed by atoms with E-state index in [2.05, 4.69) is 15.9 Å². The van der Waals surface area contributed by atoms with Gasteiger partial charge in [-0.05, 0) is 30.5 Å². The monoisotopic (exact) mass is 300 g/mol. The van der Waals surface area contributed by atoms with Gasteiger partial charge in [0.05, 0.1) is 6.61 Å². The third kappa shape index (κ3) is 2.98. The summed E-state index contributed by atoms with van der Waals surface area (Å²) < 4.78 is 11.6. The van der Waals surface area contributed by atoms with Gasteiger partial charge in [0.2, 0.25) is 0 Å². The van der Waals surface area contributed by atoms with E-state index in [1.807, 2.05) is 12.1 Å². The maximum atomic E-state index is 10.5. The average Bonchev–Trinajstić information content (AvgIpc) is 2.32. The van der Waals surface area contributed by atoms with Crippen LogP contribution in [0.1, 0.15) is 24.0 Å². The number of carboxylic acids is 1. The molecular formula is C12H13BrO4. The lowest BCUT2D eigenvalue weighted by Gasteiger charge is -2.21. The highest BCUT2D eigenvalue weighted by atomic mass is 79.9. The first-order valence-corrected chi connectivity index (χ1v) is 6.20. The lowest BCUT2D eigenvalue weighted by atomic mass is 10.0. The Labute approximate surface area is 108 Å². The summed E-state index contributed by atoms with van der Waals surface area (Å²) in [4.78, 5) is 10.5. The lowest BCUT2D eigenvalue weighted by Crippen LogP contribution is -2.13. The number of rotatable bonds is 4. The molecule has 5 heteroatoms. The Morgan fingerprint density at radius 1 is 1.47 bits per heavy atom. The van der Waals surface area contributed by atoms with Gasteiger partial charge < -0.3 is 14.6 Å². The van der Waals surface area contributed by atoms with Crippen LogP contribution >= 0.6 is 15.9 Å². The number of fused-ring (bicyclic) bond motifs is 1. The standard InChI is InChI=1S/C12H13BrO4/c13-10-4-5-11-9(6-16-7-17-11)8(10)2-1-3-12(14)15/h4-5H,1-3,6-7H2,(H,14,15). The molecule has 0 bridgehead atoms. The molecule has 2 rings (SSSR count). The molecule has 0 radical (unpaired) electrons. The number of aliphatic carboxylic acids is 1. The lowest BCUT2D eigenvalue weighted by molar-refractivity contribution is -0.137. The minimum Gasteiger partial charge on any atom is -0.481 e. The SMILES string of the molecule is O=C(O)CCCc1c(Br)ccc2c1COCO2. The summed E-state index contributed by atoms with van der Waals surface area (Å²) in [6.45, 7) is 0.806. The van der Waals surface area contributed by atoms with Gasteiger partial charge in [0.25, 0.3) is 0 Å². The number of ether oxygens (including phenoxy) is 2. The van der Waals surface area contributed by atoms with E-state index in [1.54, 1.807) is 0 Å². The van der Waals surface area contributed by atoms with Gasteiger partial charge in [0, 0.05) is 16.5 Å². The molecule has 1 aromatic rings. The number of hydrogen-bond donors (Lipinski definition) is 1. The largest absolute Gasteiger partial charge is 0.481 e. The highest BCUT2D eigenvalue weighted by Crippen LogP contribution is 2.33. The summed E-state index contributed by atoms with van der Waals surface area (Å²) in [6, 6.07) is 3.84. The summed E-state index contributed by atoms with van der Waals surface area (Å²) >= 11 is 3.48. The van der Waals surface area contributed by atoms with Gasteiger partial charge in [-0.2, -0.15) is 0 Å². The van der Waals surface area contributed by atoms with E-state index in [9.17, 15) is 4.79 Å². The fourth-order valence-electron chi connectivity index (χ4n) is 1.87. The van der Waals surface area contributed by atoms with Crippen LogP contribution in [0.2, 0.25) is 0 Å². The molecule has 0 saturated carbocycles. The van der Waals surface area contributed by atoms with Gasteiger partial charge >= 0.3 is 5.97 Å². The maximum Gasteiger partial charge on any atom is 0.303 e. The minimum atomic E-state index is -0.765. The van der Waals surface area contributed by atoms with Gasteiger partial charge in [-0.3, -0.25) is 4.79 Å². The maximum absolute atomic E-state index is 10.5. The van der Waals surface area contributed by atoms with Gasteiger partial charge in [-0.25, -0.2) is 0 Å². The Balaban J connectivity index is 2.16. The average molecular weight is 301 g/mol. The molecule has 0 saturated heterocycles. The van der Waals surface area contributed by atoms with Crippen LogP contribution in [0.25, 0.3) is 0 Å². The number of carbonyl (C=O) groups is 1. The zero-order chi connectivity index (χ0) is 12.3. The summed E-state index contributed by atoms with van der Waals surface area (Å²) in [7, 11) is 0. The van der Waals surface area contributed by atoms with Gasteiger partial charge in [0.1, 0.15) is 5.75 Å². The van der Waals surface area contributed by atoms with E-state index in [-0.39, 0.29) is 13.2 Å². The van der Waals surface area contributed by atoms with Crippen LogP contribution in [-0.4, -0.2) is 17.9 Å². The zero-order valence-corrected chi connectivity index (χ0v) is 10.8. The van der Waals surface area contributed by atoms with Crippen LogP contribution < -0.4 is 4.74 Å².